The number of carbonyl (C=O) groups excluding carboxylic acids is 1. The van der Waals surface area contributed by atoms with Gasteiger partial charge in [0.05, 0.1) is 0 Å². The van der Waals surface area contributed by atoms with Crippen molar-refractivity contribution in [1.82, 2.24) is 4.90 Å². The van der Waals surface area contributed by atoms with Crippen LogP contribution >= 0.6 is 0 Å². The van der Waals surface area contributed by atoms with Gasteiger partial charge in [0.25, 0.3) is 0 Å². The van der Waals surface area contributed by atoms with Crippen molar-refractivity contribution >= 4 is 17.4 Å². The summed E-state index contributed by atoms with van der Waals surface area (Å²) in [5.41, 5.74) is 3.19. The molecule has 0 aliphatic carbocycles. The van der Waals surface area contributed by atoms with E-state index < -0.39 is 0 Å². The van der Waals surface area contributed by atoms with Gasteiger partial charge >= 0.3 is 6.03 Å². The molecular weight excluding hydrogens is 262 g/mol. The third-order valence-corrected chi connectivity index (χ3v) is 3.78. The Morgan fingerprint density at radius 1 is 1.10 bits per heavy atom. The summed E-state index contributed by atoms with van der Waals surface area (Å²) in [4.78, 5) is 16.3. The van der Waals surface area contributed by atoms with Gasteiger partial charge in [0.2, 0.25) is 0 Å². The number of urea groups is 1. The number of rotatable bonds is 1. The first-order valence-corrected chi connectivity index (χ1v) is 7.15. The van der Waals surface area contributed by atoms with Crippen LogP contribution in [0.4, 0.5) is 16.2 Å². The Kier molecular flexibility index (Phi) is 3.77. The Bertz CT molecular complexity index is 627. The average Bonchev–Trinajstić information content (AvgIpc) is 2.76. The minimum absolute atomic E-state index is 0.0275. The second-order valence-electron chi connectivity index (χ2n) is 5.18. The normalized spacial score (nSPS) is 13.9. The molecule has 0 aromatic heterocycles. The number of benzene rings is 2. The van der Waals surface area contributed by atoms with Gasteiger partial charge in [-0.05, 0) is 23.8 Å². The number of hydrogen-bond donors (Lipinski definition) is 1. The monoisotopic (exact) mass is 281 g/mol. The zero-order chi connectivity index (χ0) is 14.7. The van der Waals surface area contributed by atoms with E-state index in [0.29, 0.717) is 13.1 Å². The van der Waals surface area contributed by atoms with Gasteiger partial charge < -0.3 is 10.2 Å². The minimum Gasteiger partial charge on any atom is -0.383 e. The van der Waals surface area contributed by atoms with Crippen molar-refractivity contribution in [2.75, 3.05) is 30.4 Å². The molecule has 0 atom stereocenters. The van der Waals surface area contributed by atoms with Crippen LogP contribution in [0.1, 0.15) is 5.56 Å². The molecule has 0 spiro atoms. The van der Waals surface area contributed by atoms with Gasteiger partial charge in [0.15, 0.2) is 0 Å². The summed E-state index contributed by atoms with van der Waals surface area (Å²) in [6, 6.07) is 17.9. The molecule has 21 heavy (non-hydrogen) atoms. The van der Waals surface area contributed by atoms with E-state index in [1.165, 1.54) is 0 Å². The van der Waals surface area contributed by atoms with Crippen LogP contribution in [0.3, 0.4) is 0 Å². The fourth-order valence-electron chi connectivity index (χ4n) is 2.58. The summed E-state index contributed by atoms with van der Waals surface area (Å²) < 4.78 is 0. The predicted molar refractivity (Wildman–Crippen MR) is 85.6 cm³/mol. The van der Waals surface area contributed by atoms with Crippen LogP contribution in [-0.4, -0.2) is 31.1 Å². The topological polar surface area (TPSA) is 35.6 Å². The Hall–Kier alpha value is -2.49. The number of hydrogen-bond acceptors (Lipinski definition) is 2. The highest BCUT2D eigenvalue weighted by molar-refractivity contribution is 5.91. The molecule has 4 nitrogen and oxygen atoms in total. The second kappa shape index (κ2) is 5.87. The maximum atomic E-state index is 12.7. The molecule has 0 unspecified atom stereocenters. The summed E-state index contributed by atoms with van der Waals surface area (Å²) >= 11 is 0. The van der Waals surface area contributed by atoms with Crippen LogP contribution in [0.15, 0.2) is 54.6 Å². The van der Waals surface area contributed by atoms with E-state index in [-0.39, 0.29) is 6.03 Å². The Morgan fingerprint density at radius 2 is 1.81 bits per heavy atom. The van der Waals surface area contributed by atoms with Crippen molar-refractivity contribution in [2.24, 2.45) is 0 Å². The van der Waals surface area contributed by atoms with E-state index in [9.17, 15) is 4.79 Å². The molecule has 1 heterocycles. The smallest absolute Gasteiger partial charge is 0.324 e. The summed E-state index contributed by atoms with van der Waals surface area (Å²) in [5, 5.41) is 3.38. The van der Waals surface area contributed by atoms with Crippen LogP contribution in [0.25, 0.3) is 0 Å². The Morgan fingerprint density at radius 3 is 2.62 bits per heavy atom. The van der Waals surface area contributed by atoms with Crippen molar-refractivity contribution in [2.45, 2.75) is 6.54 Å². The Balaban J connectivity index is 1.79. The molecule has 3 rings (SSSR count). The fraction of sp³-hybridized carbons (Fsp3) is 0.235. The van der Waals surface area contributed by atoms with E-state index in [1.807, 2.05) is 54.4 Å². The van der Waals surface area contributed by atoms with Gasteiger partial charge in [-0.2, -0.15) is 0 Å². The minimum atomic E-state index is 0.0275. The second-order valence-corrected chi connectivity index (χ2v) is 5.18. The molecule has 2 amide bonds. The SMILES string of the molecule is CN(C(=O)N1CCNc2ccccc2C1)c1ccccc1. The standard InChI is InChI=1S/C17H19N3O/c1-19(15-8-3-2-4-9-15)17(21)20-12-11-18-16-10-6-5-7-14(16)13-20/h2-10,18H,11-13H2,1H3. The lowest BCUT2D eigenvalue weighted by Crippen LogP contribution is -2.42. The summed E-state index contributed by atoms with van der Waals surface area (Å²) in [5.74, 6) is 0. The number of carbonyl (C=O) groups is 1. The third-order valence-electron chi connectivity index (χ3n) is 3.78. The molecule has 108 valence electrons. The molecule has 1 aliphatic heterocycles. The molecule has 0 saturated heterocycles. The quantitative estimate of drug-likeness (QED) is 0.871. The highest BCUT2D eigenvalue weighted by Gasteiger charge is 2.22. The molecule has 0 fully saturated rings. The molecule has 2 aromatic carbocycles. The van der Waals surface area contributed by atoms with Gasteiger partial charge in [-0.25, -0.2) is 4.79 Å². The number of anilines is 2. The lowest BCUT2D eigenvalue weighted by Gasteiger charge is -2.27. The van der Waals surface area contributed by atoms with E-state index in [0.717, 1.165) is 23.5 Å². The van der Waals surface area contributed by atoms with Gasteiger partial charge in [-0.3, -0.25) is 4.90 Å². The van der Waals surface area contributed by atoms with E-state index in [1.54, 1.807) is 4.90 Å². The summed E-state index contributed by atoms with van der Waals surface area (Å²) in [6.07, 6.45) is 0. The van der Waals surface area contributed by atoms with Gasteiger partial charge in [0.1, 0.15) is 0 Å². The van der Waals surface area contributed by atoms with E-state index in [4.69, 9.17) is 0 Å². The van der Waals surface area contributed by atoms with Gasteiger partial charge in [-0.1, -0.05) is 36.4 Å². The largest absolute Gasteiger partial charge is 0.383 e. The van der Waals surface area contributed by atoms with Crippen LogP contribution in [0, 0.1) is 0 Å². The maximum Gasteiger partial charge on any atom is 0.324 e. The van der Waals surface area contributed by atoms with Gasteiger partial charge in [-0.15, -0.1) is 0 Å². The maximum absolute atomic E-state index is 12.7. The van der Waals surface area contributed by atoms with Crippen molar-refractivity contribution in [3.05, 3.63) is 60.2 Å². The first-order valence-electron chi connectivity index (χ1n) is 7.15. The highest BCUT2D eigenvalue weighted by atomic mass is 16.2. The van der Waals surface area contributed by atoms with Crippen molar-refractivity contribution in [1.29, 1.82) is 0 Å². The Labute approximate surface area is 125 Å². The lowest BCUT2D eigenvalue weighted by molar-refractivity contribution is 0.206. The van der Waals surface area contributed by atoms with E-state index >= 15 is 0 Å². The fourth-order valence-corrected chi connectivity index (χ4v) is 2.58. The molecule has 1 N–H and O–H groups in total. The zero-order valence-electron chi connectivity index (χ0n) is 12.1. The number of fused-ring (bicyclic) bond motifs is 1. The van der Waals surface area contributed by atoms with Crippen molar-refractivity contribution in [3.63, 3.8) is 0 Å². The number of nitrogens with zero attached hydrogens (tertiary/aromatic N) is 2. The van der Waals surface area contributed by atoms with Crippen LogP contribution in [-0.2, 0) is 6.54 Å². The van der Waals surface area contributed by atoms with Crippen LogP contribution in [0.5, 0.6) is 0 Å². The molecule has 0 saturated carbocycles. The number of amides is 2. The first-order chi connectivity index (χ1) is 10.3. The summed E-state index contributed by atoms with van der Waals surface area (Å²) in [6.45, 7) is 2.11. The number of para-hydroxylation sites is 2. The molecule has 4 heteroatoms. The number of nitrogens with one attached hydrogen (secondary N) is 1. The first kappa shape index (κ1) is 13.5. The van der Waals surface area contributed by atoms with Gasteiger partial charge in [0, 0.05) is 38.1 Å². The van der Waals surface area contributed by atoms with Crippen LogP contribution < -0.4 is 10.2 Å². The third kappa shape index (κ3) is 2.84. The molecule has 0 bridgehead atoms. The molecule has 0 radical (unpaired) electrons. The molecular formula is C17H19N3O. The zero-order valence-corrected chi connectivity index (χ0v) is 12.1. The van der Waals surface area contributed by atoms with Crippen molar-refractivity contribution in [3.8, 4) is 0 Å². The lowest BCUT2D eigenvalue weighted by atomic mass is 10.2. The average molecular weight is 281 g/mol. The predicted octanol–water partition coefficient (Wildman–Crippen LogP) is 3.17. The molecule has 1 aliphatic rings. The van der Waals surface area contributed by atoms with E-state index in [2.05, 4.69) is 17.4 Å². The highest BCUT2D eigenvalue weighted by Crippen LogP contribution is 2.21. The van der Waals surface area contributed by atoms with Crippen LogP contribution in [0.2, 0.25) is 0 Å². The van der Waals surface area contributed by atoms with Crippen molar-refractivity contribution < 1.29 is 4.79 Å². The summed E-state index contributed by atoms with van der Waals surface area (Å²) in [7, 11) is 1.82. The molecule has 2 aromatic rings.